The Labute approximate surface area is 378 Å². The molecule has 11 aromatic rings. The molecule has 300 valence electrons. The predicted molar refractivity (Wildman–Crippen MR) is 270 cm³/mol. The highest BCUT2D eigenvalue weighted by molar-refractivity contribution is 8.00. The van der Waals surface area contributed by atoms with Gasteiger partial charge in [-0.2, -0.15) is 9.97 Å². The molecule has 1 aliphatic rings. The number of para-hydroxylation sites is 2. The molecule has 0 radical (unpaired) electrons. The van der Waals surface area contributed by atoms with Crippen LogP contribution >= 0.6 is 11.8 Å². The summed E-state index contributed by atoms with van der Waals surface area (Å²) in [6.07, 6.45) is 0. The molecule has 64 heavy (non-hydrogen) atoms. The molecule has 0 saturated heterocycles. The second kappa shape index (κ2) is 16.0. The molecule has 9 aromatic carbocycles. The van der Waals surface area contributed by atoms with Gasteiger partial charge in [0, 0.05) is 31.7 Å². The summed E-state index contributed by atoms with van der Waals surface area (Å²) in [4.78, 5) is 18.5. The Morgan fingerprint density at radius 2 is 0.828 bits per heavy atom. The van der Waals surface area contributed by atoms with Gasteiger partial charge in [0.15, 0.2) is 19.7 Å². The van der Waals surface area contributed by atoms with E-state index in [2.05, 4.69) is 223 Å². The fourth-order valence-corrected chi connectivity index (χ4v) is 15.8. The van der Waals surface area contributed by atoms with Crippen LogP contribution in [0.3, 0.4) is 0 Å². The molecule has 0 atom stereocenters. The third-order valence-electron chi connectivity index (χ3n) is 12.8. The first-order valence-corrected chi connectivity index (χ1v) is 24.5. The average molecular weight is 851 g/mol. The topological polar surface area (TPSA) is 43.6 Å². The van der Waals surface area contributed by atoms with Gasteiger partial charge in [-0.25, -0.2) is 4.98 Å². The monoisotopic (exact) mass is 850 g/mol. The third kappa shape index (κ3) is 6.35. The summed E-state index contributed by atoms with van der Waals surface area (Å²) in [5.74, 6) is 1.84. The highest BCUT2D eigenvalue weighted by Gasteiger charge is 2.42. The zero-order valence-corrected chi connectivity index (χ0v) is 36.6. The van der Waals surface area contributed by atoms with E-state index in [-0.39, 0.29) is 6.71 Å². The number of fused-ring (bicyclic) bond motifs is 5. The van der Waals surface area contributed by atoms with Crippen LogP contribution in [0.2, 0.25) is 0 Å². The van der Waals surface area contributed by atoms with Crippen LogP contribution in [0.25, 0.3) is 50.5 Å². The molecule has 0 amide bonds. The van der Waals surface area contributed by atoms with Gasteiger partial charge in [0.25, 0.3) is 0 Å². The molecular formula is C57H39BN4SSi. The first kappa shape index (κ1) is 38.1. The number of rotatable bonds is 8. The molecular weight excluding hydrogens is 812 g/mol. The molecule has 2 aromatic heterocycles. The molecule has 1 aliphatic heterocycles. The van der Waals surface area contributed by atoms with Crippen LogP contribution in [0.4, 0.5) is 0 Å². The maximum absolute atomic E-state index is 5.37. The van der Waals surface area contributed by atoms with Crippen molar-refractivity contribution < 1.29 is 0 Å². The molecule has 0 bridgehead atoms. The van der Waals surface area contributed by atoms with Crippen LogP contribution in [0, 0.1) is 0 Å². The zero-order chi connectivity index (χ0) is 42.5. The van der Waals surface area contributed by atoms with Crippen LogP contribution in [0.15, 0.2) is 246 Å². The summed E-state index contributed by atoms with van der Waals surface area (Å²) >= 11 is 1.87. The fourth-order valence-electron chi connectivity index (χ4n) is 9.91. The number of hydrogen-bond acceptors (Lipinski definition) is 4. The number of aromatic nitrogens is 4. The Morgan fingerprint density at radius 1 is 0.375 bits per heavy atom. The Kier molecular flexibility index (Phi) is 9.51. The maximum Gasteiger partial charge on any atom is 0.244 e. The minimum absolute atomic E-state index is 0.141. The van der Waals surface area contributed by atoms with Crippen molar-refractivity contribution >= 4 is 85.5 Å². The highest BCUT2D eigenvalue weighted by Crippen LogP contribution is 2.33. The molecule has 7 heteroatoms. The lowest BCUT2D eigenvalue weighted by molar-refractivity contribution is 0.953. The lowest BCUT2D eigenvalue weighted by Gasteiger charge is -2.35. The predicted octanol–water partition coefficient (Wildman–Crippen LogP) is 8.66. The number of benzene rings is 9. The summed E-state index contributed by atoms with van der Waals surface area (Å²) < 4.78 is 2.18. The zero-order valence-electron chi connectivity index (χ0n) is 34.8. The van der Waals surface area contributed by atoms with Crippen molar-refractivity contribution in [1.82, 2.24) is 19.5 Å². The van der Waals surface area contributed by atoms with E-state index < -0.39 is 8.07 Å². The van der Waals surface area contributed by atoms with Gasteiger partial charge in [0.05, 0.1) is 11.0 Å². The second-order valence-electron chi connectivity index (χ2n) is 16.3. The molecule has 3 heterocycles. The quantitative estimate of drug-likeness (QED) is 0.114. The molecule has 0 fully saturated rings. The standard InChI is InChI=1S/C57H39BN4SSi/c1-4-19-40(20-5-1)55-59-56(61-57(60-55)62-51-31-14-10-27-47(51)48-28-11-15-32-52(48)62)41-21-18-26-46(39-41)64(43-22-6-2-7-23-43,44-24-8-3-9-25-44)45-37-35-42(36-38-45)58-49-29-12-16-33-53(49)63-54-34-17-13-30-50(54)58/h1-39H. The van der Waals surface area contributed by atoms with Crippen molar-refractivity contribution in [2.75, 3.05) is 0 Å². The van der Waals surface area contributed by atoms with Crippen LogP contribution in [0.5, 0.6) is 0 Å². The van der Waals surface area contributed by atoms with Gasteiger partial charge in [-0.1, -0.05) is 240 Å². The van der Waals surface area contributed by atoms with E-state index in [1.807, 2.05) is 30.0 Å². The third-order valence-corrected chi connectivity index (χ3v) is 18.7. The molecule has 4 nitrogen and oxygen atoms in total. The summed E-state index contributed by atoms with van der Waals surface area (Å²) in [5, 5.41) is 7.49. The SMILES string of the molecule is c1ccc(-c2nc(-c3cccc([Si](c4ccccc4)(c4ccccc4)c4ccc(B5c6ccccc6Sc6ccccc65)cc4)c3)nc(-n3c4ccccc4c4ccccc43)n2)cc1. The van der Waals surface area contributed by atoms with Crippen LogP contribution in [-0.4, -0.2) is 34.3 Å². The lowest BCUT2D eigenvalue weighted by atomic mass is 9.36. The molecule has 0 aliphatic carbocycles. The van der Waals surface area contributed by atoms with Crippen molar-refractivity contribution in [2.24, 2.45) is 0 Å². The fraction of sp³-hybridized carbons (Fsp3) is 0. The molecule has 12 rings (SSSR count). The normalized spacial score (nSPS) is 12.3. The van der Waals surface area contributed by atoms with Gasteiger partial charge in [0.2, 0.25) is 12.7 Å². The van der Waals surface area contributed by atoms with Crippen LogP contribution in [-0.2, 0) is 0 Å². The van der Waals surface area contributed by atoms with Gasteiger partial charge in [0.1, 0.15) is 0 Å². The van der Waals surface area contributed by atoms with E-state index in [0.717, 1.165) is 32.9 Å². The largest absolute Gasteiger partial charge is 0.278 e. The van der Waals surface area contributed by atoms with E-state index >= 15 is 0 Å². The van der Waals surface area contributed by atoms with E-state index in [1.165, 1.54) is 46.9 Å². The number of nitrogens with zero attached hydrogens (tertiary/aromatic N) is 4. The number of hydrogen-bond donors (Lipinski definition) is 0. The van der Waals surface area contributed by atoms with Crippen molar-refractivity contribution in [1.29, 1.82) is 0 Å². The summed E-state index contributed by atoms with van der Waals surface area (Å²) in [6, 6.07) is 85.9. The summed E-state index contributed by atoms with van der Waals surface area (Å²) in [7, 11) is -2.98. The van der Waals surface area contributed by atoms with Crippen LogP contribution in [0.1, 0.15) is 0 Å². The molecule has 0 saturated carbocycles. The Morgan fingerprint density at radius 3 is 1.42 bits per heavy atom. The van der Waals surface area contributed by atoms with Gasteiger partial charge in [-0.05, 0) is 45.0 Å². The van der Waals surface area contributed by atoms with E-state index in [9.17, 15) is 0 Å². The molecule has 0 N–H and O–H groups in total. The first-order valence-electron chi connectivity index (χ1n) is 21.7. The minimum atomic E-state index is -2.98. The second-order valence-corrected chi connectivity index (χ2v) is 21.2. The smallest absolute Gasteiger partial charge is 0.244 e. The van der Waals surface area contributed by atoms with Crippen molar-refractivity contribution in [3.05, 3.63) is 237 Å². The highest BCUT2D eigenvalue weighted by atomic mass is 32.2. The average Bonchev–Trinajstić information content (AvgIpc) is 3.71. The van der Waals surface area contributed by atoms with Crippen molar-refractivity contribution in [3.8, 4) is 28.7 Å². The van der Waals surface area contributed by atoms with Gasteiger partial charge in [-0.3, -0.25) is 4.57 Å². The van der Waals surface area contributed by atoms with Gasteiger partial charge < -0.3 is 0 Å². The van der Waals surface area contributed by atoms with E-state index in [4.69, 9.17) is 15.0 Å². The molecule has 0 unspecified atom stereocenters. The maximum atomic E-state index is 5.37. The van der Waals surface area contributed by atoms with Gasteiger partial charge in [-0.15, -0.1) is 0 Å². The van der Waals surface area contributed by atoms with Crippen molar-refractivity contribution in [2.45, 2.75) is 9.79 Å². The lowest BCUT2D eigenvalue weighted by Crippen LogP contribution is -2.75. The first-order chi connectivity index (χ1) is 31.7. The van der Waals surface area contributed by atoms with E-state index in [1.54, 1.807) is 0 Å². The van der Waals surface area contributed by atoms with E-state index in [0.29, 0.717) is 17.6 Å². The molecule has 0 spiro atoms. The minimum Gasteiger partial charge on any atom is -0.278 e. The summed E-state index contributed by atoms with van der Waals surface area (Å²) in [6.45, 7) is 0.141. The van der Waals surface area contributed by atoms with Gasteiger partial charge >= 0.3 is 0 Å². The Bertz CT molecular complexity index is 3350. The Hall–Kier alpha value is -7.58. The summed E-state index contributed by atoms with van der Waals surface area (Å²) in [5.41, 5.74) is 7.97. The van der Waals surface area contributed by atoms with Crippen LogP contribution < -0.4 is 37.1 Å². The Balaban J connectivity index is 1.07. The van der Waals surface area contributed by atoms with Crippen molar-refractivity contribution in [3.63, 3.8) is 0 Å².